The third-order valence-corrected chi connectivity index (χ3v) is 4.05. The van der Waals surface area contributed by atoms with Crippen molar-refractivity contribution in [3.8, 4) is 0 Å². The molecule has 2 rings (SSSR count). The molecule has 1 aliphatic rings. The maximum Gasteiger partial charge on any atom is 0.328 e. The number of H-pyrrole nitrogens is 1. The number of carboxylic acid groups (broad SMARTS) is 2. The lowest BCUT2D eigenvalue weighted by Crippen LogP contribution is -2.10. The van der Waals surface area contributed by atoms with Crippen molar-refractivity contribution in [2.24, 2.45) is 5.92 Å². The van der Waals surface area contributed by atoms with E-state index in [2.05, 4.69) is 9.97 Å². The Balaban J connectivity index is 0.000000333. The Morgan fingerprint density at radius 2 is 1.84 bits per heavy atom. The van der Waals surface area contributed by atoms with Gasteiger partial charge in [-0.25, -0.2) is 14.6 Å². The van der Waals surface area contributed by atoms with Crippen LogP contribution in [0.4, 0.5) is 0 Å². The molecule has 1 saturated carbocycles. The second kappa shape index (κ2) is 13.2. The molecule has 0 saturated heterocycles. The Kier molecular flexibility index (Phi) is 11.0. The van der Waals surface area contributed by atoms with Gasteiger partial charge >= 0.3 is 11.9 Å². The molecule has 0 unspecified atom stereocenters. The van der Waals surface area contributed by atoms with E-state index in [0.29, 0.717) is 12.2 Å². The number of carboxylic acids is 2. The largest absolute Gasteiger partial charge is 0.478 e. The van der Waals surface area contributed by atoms with Crippen LogP contribution in [0.25, 0.3) is 0 Å². The molecular weight excluding hydrogens is 324 g/mol. The topological polar surface area (TPSA) is 113 Å². The van der Waals surface area contributed by atoms with E-state index in [9.17, 15) is 9.59 Å². The summed E-state index contributed by atoms with van der Waals surface area (Å²) in [5, 5.41) is 15.6. The second-order valence-corrected chi connectivity index (χ2v) is 6.10. The van der Waals surface area contributed by atoms with Crippen LogP contribution in [0, 0.1) is 5.92 Å². The van der Waals surface area contributed by atoms with Crippen LogP contribution >= 0.6 is 0 Å². The van der Waals surface area contributed by atoms with Crippen LogP contribution in [-0.4, -0.2) is 45.3 Å². The summed E-state index contributed by atoms with van der Waals surface area (Å²) in [7, 11) is 0. The van der Waals surface area contributed by atoms with Crippen molar-refractivity contribution >= 4 is 11.9 Å². The summed E-state index contributed by atoms with van der Waals surface area (Å²) in [6, 6.07) is 0. The summed E-state index contributed by atoms with van der Waals surface area (Å²) >= 11 is 0. The van der Waals surface area contributed by atoms with Gasteiger partial charge in [0.15, 0.2) is 0 Å². The molecule has 25 heavy (non-hydrogen) atoms. The molecule has 0 spiro atoms. The molecule has 1 aromatic heterocycles. The van der Waals surface area contributed by atoms with Crippen molar-refractivity contribution in [3.05, 3.63) is 30.4 Å². The third kappa shape index (κ3) is 11.9. The number of hydrogen-bond acceptors (Lipinski definition) is 4. The number of aromatic nitrogens is 2. The molecule has 0 aliphatic heterocycles. The van der Waals surface area contributed by atoms with Crippen LogP contribution in [0.15, 0.2) is 24.7 Å². The number of imidazole rings is 1. The molecule has 1 heterocycles. The Morgan fingerprint density at radius 1 is 1.16 bits per heavy atom. The monoisotopic (exact) mass is 352 g/mol. The van der Waals surface area contributed by atoms with Gasteiger partial charge in [0.25, 0.3) is 0 Å². The Labute approximate surface area is 148 Å². The second-order valence-electron chi connectivity index (χ2n) is 6.10. The zero-order valence-electron chi connectivity index (χ0n) is 14.5. The average molecular weight is 352 g/mol. The molecule has 7 heteroatoms. The maximum atomic E-state index is 9.55. The molecule has 0 aromatic carbocycles. The molecule has 140 valence electrons. The first-order chi connectivity index (χ1) is 12.1. The number of aliphatic carboxylic acids is 2. The van der Waals surface area contributed by atoms with Crippen molar-refractivity contribution in [1.29, 1.82) is 0 Å². The van der Waals surface area contributed by atoms with Crippen molar-refractivity contribution in [3.63, 3.8) is 0 Å². The number of hydrogen-bond donors (Lipinski definition) is 3. The van der Waals surface area contributed by atoms with E-state index >= 15 is 0 Å². The summed E-state index contributed by atoms with van der Waals surface area (Å²) < 4.78 is 5.70. The highest BCUT2D eigenvalue weighted by Crippen LogP contribution is 2.26. The number of nitrogens with one attached hydrogen (secondary N) is 1. The highest BCUT2D eigenvalue weighted by molar-refractivity contribution is 5.89. The molecule has 1 fully saturated rings. The van der Waals surface area contributed by atoms with E-state index < -0.39 is 11.9 Å². The number of rotatable bonds is 9. The fourth-order valence-electron chi connectivity index (χ4n) is 2.76. The van der Waals surface area contributed by atoms with E-state index in [1.54, 1.807) is 6.33 Å². The van der Waals surface area contributed by atoms with Gasteiger partial charge in [0.2, 0.25) is 0 Å². The smallest absolute Gasteiger partial charge is 0.328 e. The lowest BCUT2D eigenvalue weighted by Gasteiger charge is -2.21. The van der Waals surface area contributed by atoms with Crippen LogP contribution in [-0.2, 0) is 20.7 Å². The van der Waals surface area contributed by atoms with Gasteiger partial charge in [-0.15, -0.1) is 0 Å². The molecule has 1 aromatic rings. The quantitative estimate of drug-likeness (QED) is 0.465. The van der Waals surface area contributed by atoms with E-state index in [0.717, 1.165) is 32.0 Å². The molecule has 1 aliphatic carbocycles. The van der Waals surface area contributed by atoms with E-state index in [-0.39, 0.29) is 0 Å². The highest BCUT2D eigenvalue weighted by Gasteiger charge is 2.12. The summed E-state index contributed by atoms with van der Waals surface area (Å²) in [6.07, 6.45) is 15.3. The lowest BCUT2D eigenvalue weighted by atomic mass is 9.87. The van der Waals surface area contributed by atoms with Crippen molar-refractivity contribution in [1.82, 2.24) is 9.97 Å². The minimum atomic E-state index is -1.26. The van der Waals surface area contributed by atoms with Crippen LogP contribution < -0.4 is 0 Å². The highest BCUT2D eigenvalue weighted by atomic mass is 16.5. The molecule has 3 N–H and O–H groups in total. The van der Waals surface area contributed by atoms with Gasteiger partial charge in [-0.3, -0.25) is 0 Å². The first kappa shape index (κ1) is 20.9. The molecule has 7 nitrogen and oxygen atoms in total. The zero-order chi connectivity index (χ0) is 18.3. The fraction of sp³-hybridized carbons (Fsp3) is 0.611. The summed E-state index contributed by atoms with van der Waals surface area (Å²) in [6.45, 7) is 1.83. The Morgan fingerprint density at radius 3 is 2.40 bits per heavy atom. The zero-order valence-corrected chi connectivity index (χ0v) is 14.5. The molecule has 0 atom stereocenters. The van der Waals surface area contributed by atoms with Gasteiger partial charge in [-0.05, 0) is 25.2 Å². The number of nitrogens with zero attached hydrogens (tertiary/aromatic N) is 1. The SMILES string of the molecule is O=C(O)/C=C\C(=O)O.c1ncc(CCCOCCC2CCCCC2)[nH]1. The Hall–Kier alpha value is -2.15. The van der Waals surface area contributed by atoms with Gasteiger partial charge < -0.3 is 19.9 Å². The minimum Gasteiger partial charge on any atom is -0.478 e. The normalized spacial score (nSPS) is 14.9. The number of carbonyl (C=O) groups is 2. The van der Waals surface area contributed by atoms with Crippen LogP contribution in [0.3, 0.4) is 0 Å². The summed E-state index contributed by atoms with van der Waals surface area (Å²) in [5.74, 6) is -1.57. The van der Waals surface area contributed by atoms with E-state index in [1.807, 2.05) is 6.20 Å². The summed E-state index contributed by atoms with van der Waals surface area (Å²) in [5.41, 5.74) is 1.21. The third-order valence-electron chi connectivity index (χ3n) is 4.05. The first-order valence-electron chi connectivity index (χ1n) is 8.77. The predicted molar refractivity (Wildman–Crippen MR) is 93.3 cm³/mol. The lowest BCUT2D eigenvalue weighted by molar-refractivity contribution is -0.134. The van der Waals surface area contributed by atoms with E-state index in [1.165, 1.54) is 44.2 Å². The number of aromatic amines is 1. The van der Waals surface area contributed by atoms with Gasteiger partial charge in [0.05, 0.1) is 6.33 Å². The van der Waals surface area contributed by atoms with Crippen molar-refractivity contribution in [2.75, 3.05) is 13.2 Å². The fourth-order valence-corrected chi connectivity index (χ4v) is 2.76. The average Bonchev–Trinajstić information content (AvgIpc) is 3.11. The maximum absolute atomic E-state index is 9.55. The van der Waals surface area contributed by atoms with Gasteiger partial charge in [0.1, 0.15) is 0 Å². The molecular formula is C18H28N2O5. The van der Waals surface area contributed by atoms with Gasteiger partial charge in [-0.1, -0.05) is 32.1 Å². The molecule has 0 radical (unpaired) electrons. The molecule has 0 bridgehead atoms. The predicted octanol–water partition coefficient (Wildman–Crippen LogP) is 3.04. The summed E-state index contributed by atoms with van der Waals surface area (Å²) in [4.78, 5) is 26.2. The van der Waals surface area contributed by atoms with Crippen molar-refractivity contribution < 1.29 is 24.5 Å². The van der Waals surface area contributed by atoms with Gasteiger partial charge in [0, 0.05) is 37.3 Å². The Bertz CT molecular complexity index is 492. The van der Waals surface area contributed by atoms with Gasteiger partial charge in [-0.2, -0.15) is 0 Å². The molecule has 0 amide bonds. The van der Waals surface area contributed by atoms with Crippen LogP contribution in [0.5, 0.6) is 0 Å². The standard InChI is InChI=1S/C14H24N2O.C4H4O4/c1-2-5-13(6-3-1)8-10-17-9-4-7-14-11-15-12-16-14;5-3(6)1-2-4(7)8/h11-13H,1-10H2,(H,15,16);1-2H,(H,5,6)(H,7,8)/b;2-1-. The van der Waals surface area contributed by atoms with Crippen LogP contribution in [0.1, 0.15) is 50.6 Å². The minimum absolute atomic E-state index is 0.558. The number of ether oxygens (including phenoxy) is 1. The number of aryl methyl sites for hydroxylation is 1. The van der Waals surface area contributed by atoms with Crippen molar-refractivity contribution in [2.45, 2.75) is 51.4 Å². The van der Waals surface area contributed by atoms with E-state index in [4.69, 9.17) is 14.9 Å². The van der Waals surface area contributed by atoms with Crippen LogP contribution in [0.2, 0.25) is 0 Å². The first-order valence-corrected chi connectivity index (χ1v) is 8.77.